The van der Waals surface area contributed by atoms with Crippen LogP contribution in [-0.4, -0.2) is 39.5 Å². The first kappa shape index (κ1) is 25.2. The average Bonchev–Trinajstić information content (AvgIpc) is 2.88. The van der Waals surface area contributed by atoms with Gasteiger partial charge in [0, 0.05) is 24.3 Å². The molecule has 0 spiro atoms. The summed E-state index contributed by atoms with van der Waals surface area (Å²) in [6, 6.07) is 0. The van der Waals surface area contributed by atoms with Crippen molar-refractivity contribution in [2.24, 2.45) is 11.8 Å². The lowest BCUT2D eigenvalue weighted by molar-refractivity contribution is -0.123. The summed E-state index contributed by atoms with van der Waals surface area (Å²) in [5.41, 5.74) is 1.95. The smallest absolute Gasteiger partial charge is 0.407 e. The SMILES string of the molecule is Cc1nn(CC(C)C)c(C)c1CC(=O)NC1(CNC(=O)OC(C)(C)C)CCCCC1C. The summed E-state index contributed by atoms with van der Waals surface area (Å²) in [5.74, 6) is 0.742. The van der Waals surface area contributed by atoms with E-state index in [9.17, 15) is 9.59 Å². The fourth-order valence-corrected chi connectivity index (χ4v) is 4.45. The quantitative estimate of drug-likeness (QED) is 0.670. The van der Waals surface area contributed by atoms with Gasteiger partial charge in [-0.25, -0.2) is 4.79 Å². The highest BCUT2D eigenvalue weighted by atomic mass is 16.6. The molecule has 0 aromatic carbocycles. The molecule has 7 heteroatoms. The van der Waals surface area contributed by atoms with Crippen LogP contribution in [0.15, 0.2) is 0 Å². The van der Waals surface area contributed by atoms with Crippen LogP contribution in [0.3, 0.4) is 0 Å². The number of alkyl carbamates (subject to hydrolysis) is 1. The van der Waals surface area contributed by atoms with Crippen LogP contribution in [0.2, 0.25) is 0 Å². The molecule has 0 bridgehead atoms. The Labute approximate surface area is 187 Å². The summed E-state index contributed by atoms with van der Waals surface area (Å²) in [6.07, 6.45) is 3.91. The number of nitrogens with zero attached hydrogens (tertiary/aromatic N) is 2. The summed E-state index contributed by atoms with van der Waals surface area (Å²) >= 11 is 0. The minimum atomic E-state index is -0.552. The van der Waals surface area contributed by atoms with Gasteiger partial charge in [0.25, 0.3) is 0 Å². The number of carbonyl (C=O) groups excluding carboxylic acids is 2. The van der Waals surface area contributed by atoms with E-state index in [-0.39, 0.29) is 11.8 Å². The van der Waals surface area contributed by atoms with Gasteiger partial charge >= 0.3 is 6.09 Å². The topological polar surface area (TPSA) is 85.3 Å². The summed E-state index contributed by atoms with van der Waals surface area (Å²) in [5, 5.41) is 10.9. The lowest BCUT2D eigenvalue weighted by atomic mass is 9.73. The number of carbonyl (C=O) groups is 2. The van der Waals surface area contributed by atoms with E-state index < -0.39 is 17.2 Å². The Bertz CT molecular complexity index is 779. The van der Waals surface area contributed by atoms with Crippen LogP contribution in [0, 0.1) is 25.7 Å². The van der Waals surface area contributed by atoms with E-state index in [1.54, 1.807) is 0 Å². The predicted octanol–water partition coefficient (Wildman–Crippen LogP) is 4.29. The highest BCUT2D eigenvalue weighted by Gasteiger charge is 2.40. The second kappa shape index (κ2) is 10.0. The molecule has 1 saturated carbocycles. The molecule has 0 saturated heterocycles. The van der Waals surface area contributed by atoms with E-state index >= 15 is 0 Å². The first-order valence-corrected chi connectivity index (χ1v) is 11.6. The molecule has 1 heterocycles. The standard InChI is InChI=1S/C24H42N4O3/c1-16(2)14-28-19(5)20(18(4)27-28)13-21(29)26-24(12-10-9-11-17(24)3)15-25-22(30)31-23(6,7)8/h16-17H,9-15H2,1-8H3,(H,25,30)(H,26,29). The van der Waals surface area contributed by atoms with Gasteiger partial charge in [0.05, 0.1) is 17.7 Å². The number of aromatic nitrogens is 2. The predicted molar refractivity (Wildman–Crippen MR) is 123 cm³/mol. The molecule has 1 aromatic heterocycles. The second-order valence-corrected chi connectivity index (χ2v) is 10.6. The van der Waals surface area contributed by atoms with Crippen molar-refractivity contribution in [1.82, 2.24) is 20.4 Å². The Hall–Kier alpha value is -2.05. The third-order valence-corrected chi connectivity index (χ3v) is 6.20. The highest BCUT2D eigenvalue weighted by Crippen LogP contribution is 2.33. The zero-order valence-electron chi connectivity index (χ0n) is 20.7. The number of rotatable bonds is 7. The number of amides is 2. The van der Waals surface area contributed by atoms with Crippen LogP contribution in [0.4, 0.5) is 4.79 Å². The maximum atomic E-state index is 13.1. The van der Waals surface area contributed by atoms with Gasteiger partial charge in [-0.05, 0) is 59.3 Å². The molecule has 0 aliphatic heterocycles. The maximum Gasteiger partial charge on any atom is 0.407 e. The van der Waals surface area contributed by atoms with Crippen LogP contribution in [0.1, 0.15) is 84.2 Å². The van der Waals surface area contributed by atoms with Crippen molar-refractivity contribution in [2.45, 2.75) is 105 Å². The molecule has 2 amide bonds. The van der Waals surface area contributed by atoms with Crippen molar-refractivity contribution in [3.8, 4) is 0 Å². The Balaban J connectivity index is 2.12. The van der Waals surface area contributed by atoms with Gasteiger partial charge in [0.2, 0.25) is 5.91 Å². The molecule has 7 nitrogen and oxygen atoms in total. The summed E-state index contributed by atoms with van der Waals surface area (Å²) in [7, 11) is 0. The molecule has 2 atom stereocenters. The Morgan fingerprint density at radius 2 is 1.94 bits per heavy atom. The first-order chi connectivity index (χ1) is 14.3. The Morgan fingerprint density at radius 3 is 2.52 bits per heavy atom. The second-order valence-electron chi connectivity index (χ2n) is 10.6. The van der Waals surface area contributed by atoms with Crippen molar-refractivity contribution in [3.05, 3.63) is 17.0 Å². The van der Waals surface area contributed by atoms with Gasteiger partial charge in [0.15, 0.2) is 0 Å². The maximum absolute atomic E-state index is 13.1. The van der Waals surface area contributed by atoms with Gasteiger partial charge in [-0.2, -0.15) is 5.10 Å². The number of aryl methyl sites for hydroxylation is 1. The fraction of sp³-hybridized carbons (Fsp3) is 0.792. The minimum Gasteiger partial charge on any atom is -0.444 e. The number of ether oxygens (including phenoxy) is 1. The number of nitrogens with one attached hydrogen (secondary N) is 2. The van der Waals surface area contributed by atoms with E-state index in [1.165, 1.54) is 0 Å². The number of hydrogen-bond acceptors (Lipinski definition) is 4. The van der Waals surface area contributed by atoms with E-state index in [2.05, 4.69) is 36.5 Å². The molecular weight excluding hydrogens is 392 g/mol. The van der Waals surface area contributed by atoms with Crippen molar-refractivity contribution >= 4 is 12.0 Å². The van der Waals surface area contributed by atoms with Gasteiger partial charge in [-0.15, -0.1) is 0 Å². The Morgan fingerprint density at radius 1 is 1.26 bits per heavy atom. The monoisotopic (exact) mass is 434 g/mol. The molecule has 1 fully saturated rings. The summed E-state index contributed by atoms with van der Waals surface area (Å²) in [4.78, 5) is 25.4. The van der Waals surface area contributed by atoms with E-state index in [4.69, 9.17) is 4.74 Å². The zero-order chi connectivity index (χ0) is 23.4. The minimum absolute atomic E-state index is 0.0185. The van der Waals surface area contributed by atoms with Crippen molar-refractivity contribution in [1.29, 1.82) is 0 Å². The molecule has 2 rings (SSSR count). The normalized spacial score (nSPS) is 21.8. The first-order valence-electron chi connectivity index (χ1n) is 11.6. The third-order valence-electron chi connectivity index (χ3n) is 6.20. The molecular formula is C24H42N4O3. The molecule has 2 unspecified atom stereocenters. The molecule has 1 aromatic rings. The lowest BCUT2D eigenvalue weighted by Crippen LogP contribution is -2.61. The third kappa shape index (κ3) is 6.97. The fourth-order valence-electron chi connectivity index (χ4n) is 4.45. The lowest BCUT2D eigenvalue weighted by Gasteiger charge is -2.43. The summed E-state index contributed by atoms with van der Waals surface area (Å²) in [6.45, 7) is 17.2. The molecule has 0 radical (unpaired) electrons. The van der Waals surface area contributed by atoms with Crippen LogP contribution in [0.5, 0.6) is 0 Å². The number of hydrogen-bond donors (Lipinski definition) is 2. The largest absolute Gasteiger partial charge is 0.444 e. The summed E-state index contributed by atoms with van der Waals surface area (Å²) < 4.78 is 7.41. The Kier molecular flexibility index (Phi) is 8.17. The highest BCUT2D eigenvalue weighted by molar-refractivity contribution is 5.80. The van der Waals surface area contributed by atoms with Gasteiger partial charge in [0.1, 0.15) is 5.60 Å². The van der Waals surface area contributed by atoms with Crippen molar-refractivity contribution in [2.75, 3.05) is 6.54 Å². The van der Waals surface area contributed by atoms with Crippen molar-refractivity contribution in [3.63, 3.8) is 0 Å². The van der Waals surface area contributed by atoms with E-state index in [0.29, 0.717) is 18.9 Å². The van der Waals surface area contributed by atoms with Crippen LogP contribution in [0.25, 0.3) is 0 Å². The van der Waals surface area contributed by atoms with Gasteiger partial charge in [-0.3, -0.25) is 9.48 Å². The molecule has 1 aliphatic rings. The van der Waals surface area contributed by atoms with Gasteiger partial charge < -0.3 is 15.4 Å². The molecule has 176 valence electrons. The van der Waals surface area contributed by atoms with Crippen LogP contribution in [-0.2, 0) is 22.5 Å². The van der Waals surface area contributed by atoms with Crippen LogP contribution >= 0.6 is 0 Å². The zero-order valence-corrected chi connectivity index (χ0v) is 20.7. The molecule has 1 aliphatic carbocycles. The average molecular weight is 435 g/mol. The van der Waals surface area contributed by atoms with Gasteiger partial charge in [-0.1, -0.05) is 33.6 Å². The molecule has 2 N–H and O–H groups in total. The van der Waals surface area contributed by atoms with E-state index in [0.717, 1.165) is 49.2 Å². The molecule has 31 heavy (non-hydrogen) atoms. The van der Waals surface area contributed by atoms with Crippen LogP contribution < -0.4 is 10.6 Å². The van der Waals surface area contributed by atoms with E-state index in [1.807, 2.05) is 39.3 Å². The van der Waals surface area contributed by atoms with Crippen molar-refractivity contribution < 1.29 is 14.3 Å².